The first-order valence-electron chi connectivity index (χ1n) is 9.85. The van der Waals surface area contributed by atoms with E-state index in [9.17, 15) is 8.42 Å². The predicted octanol–water partition coefficient (Wildman–Crippen LogP) is 3.15. The lowest BCUT2D eigenvalue weighted by Gasteiger charge is -2.23. The number of rotatable bonds is 6. The third-order valence-corrected chi connectivity index (χ3v) is 7.68. The molecule has 1 saturated heterocycles. The van der Waals surface area contributed by atoms with Crippen molar-refractivity contribution in [2.75, 3.05) is 19.0 Å². The summed E-state index contributed by atoms with van der Waals surface area (Å²) in [6, 6.07) is 2.01. The Morgan fingerprint density at radius 1 is 1.29 bits per heavy atom. The van der Waals surface area contributed by atoms with Crippen LogP contribution in [-0.2, 0) is 33.5 Å². The van der Waals surface area contributed by atoms with Crippen molar-refractivity contribution >= 4 is 9.84 Å². The molecule has 0 spiro atoms. The van der Waals surface area contributed by atoms with Gasteiger partial charge in [0.25, 0.3) is 0 Å². The van der Waals surface area contributed by atoms with Crippen molar-refractivity contribution in [1.82, 2.24) is 14.8 Å². The molecule has 3 rings (SSSR count). The quantitative estimate of drug-likeness (QED) is 0.728. The molecule has 28 heavy (non-hydrogen) atoms. The van der Waals surface area contributed by atoms with Crippen LogP contribution in [0.4, 0.5) is 0 Å². The van der Waals surface area contributed by atoms with Gasteiger partial charge >= 0.3 is 0 Å². The van der Waals surface area contributed by atoms with Crippen molar-refractivity contribution in [2.45, 2.75) is 57.6 Å². The summed E-state index contributed by atoms with van der Waals surface area (Å²) in [7, 11) is -1.34. The minimum atomic E-state index is -3.21. The second kappa shape index (κ2) is 7.99. The first-order valence-corrected chi connectivity index (χ1v) is 11.6. The number of aromatic nitrogens is 3. The Labute approximate surface area is 167 Å². The molecule has 1 aliphatic heterocycles. The minimum Gasteiger partial charge on any atom is -0.448 e. The van der Waals surface area contributed by atoms with Crippen LogP contribution in [0.15, 0.2) is 16.7 Å². The van der Waals surface area contributed by atoms with Gasteiger partial charge in [0.05, 0.1) is 22.4 Å². The predicted molar refractivity (Wildman–Crippen MR) is 108 cm³/mol. The SMILES string of the molecule is CC(Cc1nc(-c2cc(C(C)(C)C)nn2C)co1)S(=O)(=O)CC1CCOCC1. The van der Waals surface area contributed by atoms with Crippen molar-refractivity contribution in [1.29, 1.82) is 0 Å². The van der Waals surface area contributed by atoms with Crippen LogP contribution in [0.5, 0.6) is 0 Å². The Hall–Kier alpha value is -1.67. The van der Waals surface area contributed by atoms with Crippen molar-refractivity contribution in [3.8, 4) is 11.4 Å². The molecular formula is C20H31N3O4S. The van der Waals surface area contributed by atoms with Gasteiger partial charge in [-0.25, -0.2) is 13.4 Å². The zero-order valence-electron chi connectivity index (χ0n) is 17.4. The van der Waals surface area contributed by atoms with Crippen molar-refractivity contribution < 1.29 is 17.6 Å². The second-order valence-electron chi connectivity index (χ2n) is 8.81. The number of hydrogen-bond acceptors (Lipinski definition) is 6. The number of aryl methyl sites for hydroxylation is 1. The largest absolute Gasteiger partial charge is 0.448 e. The highest BCUT2D eigenvalue weighted by Gasteiger charge is 2.28. The summed E-state index contributed by atoms with van der Waals surface area (Å²) < 4.78 is 38.1. The molecule has 8 heteroatoms. The average Bonchev–Trinajstić information content (AvgIpc) is 3.21. The van der Waals surface area contributed by atoms with Crippen LogP contribution in [0.1, 0.15) is 52.1 Å². The monoisotopic (exact) mass is 409 g/mol. The molecule has 0 bridgehead atoms. The Morgan fingerprint density at radius 2 is 1.96 bits per heavy atom. The Morgan fingerprint density at radius 3 is 2.57 bits per heavy atom. The molecule has 1 fully saturated rings. The van der Waals surface area contributed by atoms with Crippen LogP contribution in [0.25, 0.3) is 11.4 Å². The molecule has 0 radical (unpaired) electrons. The van der Waals surface area contributed by atoms with E-state index in [1.165, 1.54) is 0 Å². The number of nitrogens with zero attached hydrogens (tertiary/aromatic N) is 3. The molecule has 0 amide bonds. The van der Waals surface area contributed by atoms with E-state index in [1.54, 1.807) is 17.9 Å². The van der Waals surface area contributed by atoms with E-state index in [0.29, 0.717) is 24.8 Å². The third kappa shape index (κ3) is 4.84. The first kappa shape index (κ1) is 21.0. The fourth-order valence-corrected chi connectivity index (χ4v) is 5.09. The lowest BCUT2D eigenvalue weighted by molar-refractivity contribution is 0.0723. The first-order chi connectivity index (χ1) is 13.1. The molecule has 0 saturated carbocycles. The van der Waals surface area contributed by atoms with Crippen LogP contribution in [0.3, 0.4) is 0 Å². The summed E-state index contributed by atoms with van der Waals surface area (Å²) >= 11 is 0. The summed E-state index contributed by atoms with van der Waals surface area (Å²) in [4.78, 5) is 4.53. The van der Waals surface area contributed by atoms with E-state index in [-0.39, 0.29) is 23.5 Å². The van der Waals surface area contributed by atoms with E-state index < -0.39 is 15.1 Å². The molecule has 1 unspecified atom stereocenters. The van der Waals surface area contributed by atoms with Crippen molar-refractivity contribution in [3.63, 3.8) is 0 Å². The molecule has 7 nitrogen and oxygen atoms in total. The summed E-state index contributed by atoms with van der Waals surface area (Å²) in [5, 5.41) is 4.03. The van der Waals surface area contributed by atoms with E-state index in [4.69, 9.17) is 9.15 Å². The molecule has 156 valence electrons. The van der Waals surface area contributed by atoms with Gasteiger partial charge in [-0.2, -0.15) is 5.10 Å². The number of sulfone groups is 1. The molecule has 0 aliphatic carbocycles. The highest BCUT2D eigenvalue weighted by molar-refractivity contribution is 7.92. The fourth-order valence-electron chi connectivity index (χ4n) is 3.37. The van der Waals surface area contributed by atoms with Crippen LogP contribution in [0, 0.1) is 5.92 Å². The Balaban J connectivity index is 1.69. The van der Waals surface area contributed by atoms with Crippen LogP contribution >= 0.6 is 0 Å². The van der Waals surface area contributed by atoms with Gasteiger partial charge in [0.1, 0.15) is 12.0 Å². The number of oxazole rings is 1. The standard InChI is InChI=1S/C20H31N3O4S/c1-14(28(24,25)13-15-6-8-26-9-7-15)10-19-21-16(12-27-19)17-11-18(20(2,3)4)22-23(17)5/h11-12,14-15H,6-10,13H2,1-5H3. The summed E-state index contributed by atoms with van der Waals surface area (Å²) in [5.74, 6) is 0.838. The maximum absolute atomic E-state index is 12.7. The minimum absolute atomic E-state index is 0.0602. The van der Waals surface area contributed by atoms with Crippen LogP contribution in [-0.4, -0.2) is 47.4 Å². The normalized spacial score (nSPS) is 17.8. The van der Waals surface area contributed by atoms with Gasteiger partial charge < -0.3 is 9.15 Å². The molecule has 1 aliphatic rings. The zero-order chi connectivity index (χ0) is 20.5. The molecule has 0 N–H and O–H groups in total. The van der Waals surface area contributed by atoms with E-state index in [1.807, 2.05) is 13.1 Å². The highest BCUT2D eigenvalue weighted by Crippen LogP contribution is 2.27. The van der Waals surface area contributed by atoms with Gasteiger partial charge in [-0.1, -0.05) is 20.8 Å². The Kier molecular flexibility index (Phi) is 6.00. The second-order valence-corrected chi connectivity index (χ2v) is 11.3. The topological polar surface area (TPSA) is 87.2 Å². The summed E-state index contributed by atoms with van der Waals surface area (Å²) in [6.07, 6.45) is 3.48. The van der Waals surface area contributed by atoms with E-state index in [2.05, 4.69) is 30.9 Å². The van der Waals surface area contributed by atoms with Crippen molar-refractivity contribution in [2.24, 2.45) is 13.0 Å². The number of ether oxygens (including phenoxy) is 1. The average molecular weight is 410 g/mol. The smallest absolute Gasteiger partial charge is 0.195 e. The molecule has 3 heterocycles. The van der Waals surface area contributed by atoms with Crippen LogP contribution in [0.2, 0.25) is 0 Å². The maximum Gasteiger partial charge on any atom is 0.195 e. The van der Waals surface area contributed by atoms with E-state index >= 15 is 0 Å². The molecular weight excluding hydrogens is 378 g/mol. The van der Waals surface area contributed by atoms with Crippen LogP contribution < -0.4 is 0 Å². The lowest BCUT2D eigenvalue weighted by Crippen LogP contribution is -2.30. The Bertz CT molecular complexity index is 902. The fraction of sp³-hybridized carbons (Fsp3) is 0.700. The molecule has 2 aromatic rings. The van der Waals surface area contributed by atoms with Crippen molar-refractivity contribution in [3.05, 3.63) is 23.9 Å². The van der Waals surface area contributed by atoms with Gasteiger partial charge in [-0.15, -0.1) is 0 Å². The van der Waals surface area contributed by atoms with E-state index in [0.717, 1.165) is 24.2 Å². The third-order valence-electron chi connectivity index (χ3n) is 5.35. The number of hydrogen-bond donors (Lipinski definition) is 0. The summed E-state index contributed by atoms with van der Waals surface area (Å²) in [6.45, 7) is 9.37. The van der Waals surface area contributed by atoms with Gasteiger partial charge in [0.2, 0.25) is 0 Å². The highest BCUT2D eigenvalue weighted by atomic mass is 32.2. The molecule has 1 atom stereocenters. The zero-order valence-corrected chi connectivity index (χ0v) is 18.3. The lowest BCUT2D eigenvalue weighted by atomic mass is 9.92. The molecule has 0 aromatic carbocycles. The summed E-state index contributed by atoms with van der Waals surface area (Å²) in [5.41, 5.74) is 2.45. The van der Waals surface area contributed by atoms with Gasteiger partial charge in [-0.3, -0.25) is 4.68 Å². The molecule has 2 aromatic heterocycles. The van der Waals surface area contributed by atoms with Gasteiger partial charge in [0.15, 0.2) is 15.7 Å². The van der Waals surface area contributed by atoms with Gasteiger partial charge in [-0.05, 0) is 31.7 Å². The maximum atomic E-state index is 12.7. The van der Waals surface area contributed by atoms with Gasteiger partial charge in [0, 0.05) is 32.1 Å².